The number of hydrogen-bond acceptors (Lipinski definition) is 3. The van der Waals surface area contributed by atoms with Gasteiger partial charge in [-0.05, 0) is 19.8 Å². The molecule has 0 N–H and O–H groups in total. The van der Waals surface area contributed by atoms with Crippen molar-refractivity contribution >= 4 is 16.9 Å². The first-order valence-electron chi connectivity index (χ1n) is 5.55. The number of allylic oxidation sites excluding steroid dienone is 1. The molecule has 3 aliphatic rings. The zero-order valence-corrected chi connectivity index (χ0v) is 9.78. The minimum absolute atomic E-state index is 0.311. The van der Waals surface area contributed by atoms with Gasteiger partial charge >= 0.3 is 0 Å². The van der Waals surface area contributed by atoms with Crippen molar-refractivity contribution in [2.75, 3.05) is 0 Å². The van der Waals surface area contributed by atoms with Crippen molar-refractivity contribution in [3.63, 3.8) is 0 Å². The molecule has 2 heterocycles. The Hall–Kier alpha value is -0.830. The van der Waals surface area contributed by atoms with Crippen LogP contribution in [0.4, 0.5) is 0 Å². The summed E-state index contributed by atoms with van der Waals surface area (Å²) in [5.74, 6) is 1.24. The number of rotatable bonds is 0. The van der Waals surface area contributed by atoms with E-state index in [1.807, 2.05) is 11.3 Å². The highest BCUT2D eigenvalue weighted by molar-refractivity contribution is 7.11. The molecule has 0 amide bonds. The quantitative estimate of drug-likeness (QED) is 0.669. The molecule has 1 fully saturated rings. The van der Waals surface area contributed by atoms with Crippen LogP contribution in [0.5, 0.6) is 0 Å². The molecule has 78 valence electrons. The van der Waals surface area contributed by atoms with Crippen LogP contribution >= 0.6 is 11.3 Å². The zero-order chi connectivity index (χ0) is 10.2. The highest BCUT2D eigenvalue weighted by atomic mass is 32.1. The first kappa shape index (κ1) is 8.34. The molecule has 1 aromatic rings. The molecule has 0 radical (unpaired) electrons. The number of hydrogen-bond donors (Lipinski definition) is 0. The normalized spacial score (nSPS) is 35.7. The van der Waals surface area contributed by atoms with Crippen molar-refractivity contribution in [3.05, 3.63) is 21.3 Å². The van der Waals surface area contributed by atoms with Gasteiger partial charge in [0, 0.05) is 22.3 Å². The summed E-state index contributed by atoms with van der Waals surface area (Å²) in [4.78, 5) is 6.17. The summed E-state index contributed by atoms with van der Waals surface area (Å²) < 4.78 is 5.95. The average Bonchev–Trinajstić information content (AvgIpc) is 2.56. The fraction of sp³-hybridized carbons (Fsp3) is 0.583. The second-order valence-corrected chi connectivity index (χ2v) is 6.32. The van der Waals surface area contributed by atoms with Gasteiger partial charge in [0.1, 0.15) is 11.9 Å². The van der Waals surface area contributed by atoms with E-state index in [1.54, 1.807) is 0 Å². The minimum atomic E-state index is 0.311. The van der Waals surface area contributed by atoms with Gasteiger partial charge in [-0.2, -0.15) is 0 Å². The Morgan fingerprint density at radius 1 is 1.47 bits per heavy atom. The fourth-order valence-electron chi connectivity index (χ4n) is 2.96. The number of thiazole rings is 1. The van der Waals surface area contributed by atoms with E-state index < -0.39 is 0 Å². The van der Waals surface area contributed by atoms with Crippen LogP contribution in [0.15, 0.2) is 5.76 Å². The third-order valence-electron chi connectivity index (χ3n) is 3.91. The van der Waals surface area contributed by atoms with E-state index in [9.17, 15) is 0 Å². The molecule has 0 saturated heterocycles. The van der Waals surface area contributed by atoms with Crippen LogP contribution in [0.25, 0.3) is 5.57 Å². The molecule has 1 aromatic heterocycles. The van der Waals surface area contributed by atoms with Gasteiger partial charge in [0.05, 0.1) is 10.7 Å². The van der Waals surface area contributed by atoms with Crippen LogP contribution < -0.4 is 0 Å². The zero-order valence-electron chi connectivity index (χ0n) is 8.96. The predicted molar refractivity (Wildman–Crippen MR) is 59.7 cm³/mol. The van der Waals surface area contributed by atoms with Crippen molar-refractivity contribution in [1.82, 2.24) is 4.98 Å². The van der Waals surface area contributed by atoms with E-state index in [-0.39, 0.29) is 0 Å². The Morgan fingerprint density at radius 3 is 3.20 bits per heavy atom. The topological polar surface area (TPSA) is 22.1 Å². The fourth-order valence-corrected chi connectivity index (χ4v) is 3.90. The van der Waals surface area contributed by atoms with Crippen molar-refractivity contribution in [3.8, 4) is 0 Å². The molecule has 1 saturated carbocycles. The Bertz CT molecular complexity index is 502. The monoisotopic (exact) mass is 219 g/mol. The lowest BCUT2D eigenvalue weighted by molar-refractivity contribution is 0.190. The second kappa shape index (κ2) is 2.29. The standard InChI is InChI=1S/C12H13NOS/c1-6-13-11-8(15-6)4-3-7-10(11)12(2)5-9(12)14-7/h9H,3-5H2,1-2H3. The number of aryl methyl sites for hydroxylation is 2. The number of ether oxygens (including phenoxy) is 1. The van der Waals surface area contributed by atoms with E-state index in [0.717, 1.165) is 12.8 Å². The van der Waals surface area contributed by atoms with Gasteiger partial charge in [-0.1, -0.05) is 6.92 Å². The highest BCUT2D eigenvalue weighted by Gasteiger charge is 2.62. The van der Waals surface area contributed by atoms with Crippen LogP contribution in [0.1, 0.15) is 35.3 Å². The second-order valence-electron chi connectivity index (χ2n) is 5.03. The van der Waals surface area contributed by atoms with Gasteiger partial charge in [-0.25, -0.2) is 4.98 Å². The number of nitrogens with zero attached hydrogens (tertiary/aromatic N) is 1. The number of aromatic nitrogens is 1. The van der Waals surface area contributed by atoms with Crippen molar-refractivity contribution in [2.45, 2.75) is 39.2 Å². The summed E-state index contributed by atoms with van der Waals surface area (Å²) >= 11 is 1.86. The lowest BCUT2D eigenvalue weighted by Crippen LogP contribution is -2.07. The molecule has 2 nitrogen and oxygen atoms in total. The molecule has 4 rings (SSSR count). The molecular formula is C12H13NOS. The van der Waals surface area contributed by atoms with E-state index in [4.69, 9.17) is 9.72 Å². The molecule has 0 spiro atoms. The van der Waals surface area contributed by atoms with Crippen LogP contribution in [-0.2, 0) is 11.2 Å². The molecule has 3 heteroatoms. The molecule has 2 aliphatic carbocycles. The van der Waals surface area contributed by atoms with Crippen LogP contribution in [0, 0.1) is 12.3 Å². The maximum atomic E-state index is 5.95. The molecular weight excluding hydrogens is 206 g/mol. The van der Waals surface area contributed by atoms with Crippen LogP contribution in [0.2, 0.25) is 0 Å². The molecule has 1 aliphatic heterocycles. The summed E-state index contributed by atoms with van der Waals surface area (Å²) in [6.07, 6.45) is 3.89. The van der Waals surface area contributed by atoms with E-state index in [0.29, 0.717) is 11.5 Å². The third kappa shape index (κ3) is 0.882. The van der Waals surface area contributed by atoms with Gasteiger partial charge in [0.15, 0.2) is 0 Å². The lowest BCUT2D eigenvalue weighted by atomic mass is 9.89. The third-order valence-corrected chi connectivity index (χ3v) is 4.95. The van der Waals surface area contributed by atoms with E-state index in [2.05, 4.69) is 13.8 Å². The Morgan fingerprint density at radius 2 is 2.33 bits per heavy atom. The largest absolute Gasteiger partial charge is 0.493 e. The SMILES string of the molecule is Cc1nc2c(s1)CCC1=C2C2(C)CC2O1. The summed E-state index contributed by atoms with van der Waals surface area (Å²) in [5.41, 5.74) is 3.02. The van der Waals surface area contributed by atoms with Crippen molar-refractivity contribution < 1.29 is 4.74 Å². The summed E-state index contributed by atoms with van der Waals surface area (Å²) in [6, 6.07) is 0. The maximum absolute atomic E-state index is 5.95. The average molecular weight is 219 g/mol. The van der Waals surface area contributed by atoms with E-state index in [1.165, 1.54) is 33.3 Å². The highest BCUT2D eigenvalue weighted by Crippen LogP contribution is 2.65. The number of fused-ring (bicyclic) bond motifs is 4. The van der Waals surface area contributed by atoms with Crippen molar-refractivity contribution in [2.24, 2.45) is 5.41 Å². The van der Waals surface area contributed by atoms with Gasteiger partial charge in [-0.15, -0.1) is 11.3 Å². The Kier molecular flexibility index (Phi) is 1.27. The maximum Gasteiger partial charge on any atom is 0.109 e. The molecule has 2 unspecified atom stereocenters. The van der Waals surface area contributed by atoms with Gasteiger partial charge in [-0.3, -0.25) is 0 Å². The predicted octanol–water partition coefficient (Wildman–Crippen LogP) is 2.92. The lowest BCUT2D eigenvalue weighted by Gasteiger charge is -2.17. The van der Waals surface area contributed by atoms with E-state index >= 15 is 0 Å². The van der Waals surface area contributed by atoms with Crippen molar-refractivity contribution in [1.29, 1.82) is 0 Å². The van der Waals surface area contributed by atoms with Gasteiger partial charge < -0.3 is 4.74 Å². The summed E-state index contributed by atoms with van der Waals surface area (Å²) in [5, 5.41) is 1.20. The smallest absolute Gasteiger partial charge is 0.109 e. The molecule has 15 heavy (non-hydrogen) atoms. The van der Waals surface area contributed by atoms with Gasteiger partial charge in [0.25, 0.3) is 0 Å². The first-order chi connectivity index (χ1) is 7.18. The summed E-state index contributed by atoms with van der Waals surface area (Å²) in [6.45, 7) is 4.43. The Labute approximate surface area is 93.0 Å². The minimum Gasteiger partial charge on any atom is -0.493 e. The Balaban J connectivity index is 1.96. The molecule has 0 bridgehead atoms. The van der Waals surface area contributed by atoms with Gasteiger partial charge in [0.2, 0.25) is 0 Å². The molecule has 2 atom stereocenters. The van der Waals surface area contributed by atoms with Crippen LogP contribution in [0.3, 0.4) is 0 Å². The first-order valence-corrected chi connectivity index (χ1v) is 6.37. The van der Waals surface area contributed by atoms with Crippen LogP contribution in [-0.4, -0.2) is 11.1 Å². The summed E-state index contributed by atoms with van der Waals surface area (Å²) in [7, 11) is 0. The molecule has 0 aromatic carbocycles.